The van der Waals surface area contributed by atoms with Crippen LogP contribution in [0.5, 0.6) is 0 Å². The van der Waals surface area contributed by atoms with Gasteiger partial charge in [0.2, 0.25) is 0 Å². The summed E-state index contributed by atoms with van der Waals surface area (Å²) in [5.74, 6) is -0.321. The minimum absolute atomic E-state index is 0.209. The second-order valence-corrected chi connectivity index (χ2v) is 4.35. The van der Waals surface area contributed by atoms with Crippen LogP contribution in [0.3, 0.4) is 0 Å². The number of hydrogen-bond donors (Lipinski definition) is 2. The van der Waals surface area contributed by atoms with Gasteiger partial charge in [0.25, 0.3) is 5.91 Å². The Morgan fingerprint density at radius 1 is 1.29 bits per heavy atom. The van der Waals surface area contributed by atoms with Crippen LogP contribution in [0, 0.1) is 0 Å². The Bertz CT molecular complexity index is 586. The van der Waals surface area contributed by atoms with Crippen molar-refractivity contribution >= 4 is 5.91 Å². The molecule has 17 heavy (non-hydrogen) atoms. The van der Waals surface area contributed by atoms with Gasteiger partial charge in [-0.3, -0.25) is 4.79 Å². The van der Waals surface area contributed by atoms with Gasteiger partial charge < -0.3 is 10.7 Å². The Morgan fingerprint density at radius 3 is 2.88 bits per heavy atom. The summed E-state index contributed by atoms with van der Waals surface area (Å²) in [6.45, 7) is 0. The second-order valence-electron chi connectivity index (χ2n) is 4.35. The molecule has 1 amide bonds. The number of nitrogens with one attached hydrogen (secondary N) is 1. The maximum Gasteiger partial charge on any atom is 0.284 e. The molecular formula is C13H13N3O. The highest BCUT2D eigenvalue weighted by atomic mass is 16.1. The Morgan fingerprint density at radius 2 is 2.12 bits per heavy atom. The van der Waals surface area contributed by atoms with E-state index in [9.17, 15) is 4.79 Å². The average Bonchev–Trinajstić information content (AvgIpc) is 2.97. The van der Waals surface area contributed by atoms with Gasteiger partial charge in [-0.05, 0) is 42.0 Å². The highest BCUT2D eigenvalue weighted by molar-refractivity contribution is 5.89. The lowest BCUT2D eigenvalue weighted by molar-refractivity contribution is 0.0991. The van der Waals surface area contributed by atoms with Crippen molar-refractivity contribution in [3.8, 4) is 11.3 Å². The minimum Gasteiger partial charge on any atom is -0.363 e. The van der Waals surface area contributed by atoms with E-state index in [-0.39, 0.29) is 5.82 Å². The maximum absolute atomic E-state index is 11.0. The van der Waals surface area contributed by atoms with E-state index in [1.165, 1.54) is 24.0 Å². The molecule has 3 N–H and O–H groups in total. The van der Waals surface area contributed by atoms with Crippen LogP contribution >= 0.6 is 0 Å². The number of carbonyl (C=O) groups excluding carboxylic acids is 1. The molecule has 1 heterocycles. The number of aromatic nitrogens is 2. The molecule has 1 aromatic heterocycles. The number of aryl methyl sites for hydroxylation is 2. The molecule has 0 saturated heterocycles. The number of hydrogen-bond acceptors (Lipinski definition) is 2. The fourth-order valence-corrected chi connectivity index (χ4v) is 2.33. The van der Waals surface area contributed by atoms with Crippen molar-refractivity contribution in [1.82, 2.24) is 9.97 Å². The number of fused-ring (bicyclic) bond motifs is 1. The van der Waals surface area contributed by atoms with Gasteiger partial charge in [0.05, 0.1) is 11.9 Å². The third kappa shape index (κ3) is 1.71. The van der Waals surface area contributed by atoms with E-state index in [2.05, 4.69) is 28.2 Å². The zero-order chi connectivity index (χ0) is 11.8. The molecule has 1 aromatic carbocycles. The van der Waals surface area contributed by atoms with E-state index >= 15 is 0 Å². The Hall–Kier alpha value is -2.10. The fourth-order valence-electron chi connectivity index (χ4n) is 2.33. The highest BCUT2D eigenvalue weighted by Crippen LogP contribution is 2.27. The first-order valence-corrected chi connectivity index (χ1v) is 5.71. The number of nitrogens with two attached hydrogens (primary N) is 1. The Labute approximate surface area is 98.9 Å². The van der Waals surface area contributed by atoms with Crippen molar-refractivity contribution in [3.05, 3.63) is 41.3 Å². The van der Waals surface area contributed by atoms with E-state index in [1.807, 2.05) is 0 Å². The number of carbonyl (C=O) groups is 1. The van der Waals surface area contributed by atoms with Gasteiger partial charge in [0.1, 0.15) is 0 Å². The van der Waals surface area contributed by atoms with Crippen molar-refractivity contribution in [3.63, 3.8) is 0 Å². The zero-order valence-corrected chi connectivity index (χ0v) is 9.36. The SMILES string of the molecule is NC(=O)c1ncc(-c2ccc3c(c2)CCC3)[nH]1. The molecule has 0 unspecified atom stereocenters. The highest BCUT2D eigenvalue weighted by Gasteiger charge is 2.13. The van der Waals surface area contributed by atoms with Crippen LogP contribution in [0.4, 0.5) is 0 Å². The number of aromatic amines is 1. The molecule has 4 nitrogen and oxygen atoms in total. The molecular weight excluding hydrogens is 214 g/mol. The van der Waals surface area contributed by atoms with Crippen LogP contribution in [0.15, 0.2) is 24.4 Å². The molecule has 4 heteroatoms. The number of imidazole rings is 1. The summed E-state index contributed by atoms with van der Waals surface area (Å²) >= 11 is 0. The lowest BCUT2D eigenvalue weighted by Gasteiger charge is -2.02. The largest absolute Gasteiger partial charge is 0.363 e. The van der Waals surface area contributed by atoms with Crippen LogP contribution in [0.2, 0.25) is 0 Å². The molecule has 0 radical (unpaired) electrons. The topological polar surface area (TPSA) is 71.8 Å². The molecule has 1 aliphatic carbocycles. The Kier molecular flexibility index (Phi) is 2.21. The van der Waals surface area contributed by atoms with Gasteiger partial charge in [0.15, 0.2) is 5.82 Å². The number of amides is 1. The van der Waals surface area contributed by atoms with Crippen molar-refractivity contribution < 1.29 is 4.79 Å². The van der Waals surface area contributed by atoms with E-state index in [0.29, 0.717) is 0 Å². The molecule has 86 valence electrons. The molecule has 0 bridgehead atoms. The predicted molar refractivity (Wildman–Crippen MR) is 64.6 cm³/mol. The summed E-state index contributed by atoms with van der Waals surface area (Å²) < 4.78 is 0. The minimum atomic E-state index is -0.530. The van der Waals surface area contributed by atoms with Crippen molar-refractivity contribution in [2.75, 3.05) is 0 Å². The number of rotatable bonds is 2. The summed E-state index contributed by atoms with van der Waals surface area (Å²) in [5, 5.41) is 0. The first kappa shape index (κ1) is 10.1. The number of nitrogens with zero attached hydrogens (tertiary/aromatic N) is 1. The first-order valence-electron chi connectivity index (χ1n) is 5.71. The van der Waals surface area contributed by atoms with Gasteiger partial charge in [-0.2, -0.15) is 0 Å². The van der Waals surface area contributed by atoms with Crippen molar-refractivity contribution in [2.45, 2.75) is 19.3 Å². The molecule has 2 aromatic rings. The van der Waals surface area contributed by atoms with E-state index < -0.39 is 5.91 Å². The molecule has 0 fully saturated rings. The lowest BCUT2D eigenvalue weighted by atomic mass is 10.1. The van der Waals surface area contributed by atoms with E-state index in [4.69, 9.17) is 5.73 Å². The summed E-state index contributed by atoms with van der Waals surface area (Å²) in [6, 6.07) is 6.38. The normalized spacial score (nSPS) is 13.6. The molecule has 0 spiro atoms. The predicted octanol–water partition coefficient (Wildman–Crippen LogP) is 1.66. The average molecular weight is 227 g/mol. The van der Waals surface area contributed by atoms with Gasteiger partial charge >= 0.3 is 0 Å². The monoisotopic (exact) mass is 227 g/mol. The molecule has 0 saturated carbocycles. The summed E-state index contributed by atoms with van der Waals surface area (Å²) in [5.41, 5.74) is 9.90. The lowest BCUT2D eigenvalue weighted by Crippen LogP contribution is -2.12. The van der Waals surface area contributed by atoms with Crippen molar-refractivity contribution in [2.24, 2.45) is 5.73 Å². The maximum atomic E-state index is 11.0. The van der Waals surface area contributed by atoms with Gasteiger partial charge in [0, 0.05) is 0 Å². The van der Waals surface area contributed by atoms with Crippen LogP contribution < -0.4 is 5.73 Å². The van der Waals surface area contributed by atoms with Crippen LogP contribution in [0.1, 0.15) is 28.2 Å². The summed E-state index contributed by atoms with van der Waals surface area (Å²) in [4.78, 5) is 17.9. The van der Waals surface area contributed by atoms with Gasteiger partial charge in [-0.1, -0.05) is 12.1 Å². The van der Waals surface area contributed by atoms with Gasteiger partial charge in [-0.25, -0.2) is 4.98 Å². The molecule has 3 rings (SSSR count). The summed E-state index contributed by atoms with van der Waals surface area (Å²) in [6.07, 6.45) is 5.19. The third-order valence-corrected chi connectivity index (χ3v) is 3.22. The molecule has 0 aliphatic heterocycles. The number of benzene rings is 1. The Balaban J connectivity index is 2.00. The third-order valence-electron chi connectivity index (χ3n) is 3.22. The van der Waals surface area contributed by atoms with Crippen LogP contribution in [-0.4, -0.2) is 15.9 Å². The summed E-state index contributed by atoms with van der Waals surface area (Å²) in [7, 11) is 0. The van der Waals surface area contributed by atoms with E-state index in [1.54, 1.807) is 6.20 Å². The molecule has 1 aliphatic rings. The smallest absolute Gasteiger partial charge is 0.284 e. The molecule has 0 atom stereocenters. The first-order chi connectivity index (χ1) is 8.24. The van der Waals surface area contributed by atoms with E-state index in [0.717, 1.165) is 17.7 Å². The second kappa shape index (κ2) is 3.73. The number of H-pyrrole nitrogens is 1. The van der Waals surface area contributed by atoms with Gasteiger partial charge in [-0.15, -0.1) is 0 Å². The zero-order valence-electron chi connectivity index (χ0n) is 9.36. The fraction of sp³-hybridized carbons (Fsp3) is 0.231. The van der Waals surface area contributed by atoms with Crippen LogP contribution in [-0.2, 0) is 12.8 Å². The number of primary amides is 1. The van der Waals surface area contributed by atoms with Crippen LogP contribution in [0.25, 0.3) is 11.3 Å². The quantitative estimate of drug-likeness (QED) is 0.819. The van der Waals surface area contributed by atoms with Crippen molar-refractivity contribution in [1.29, 1.82) is 0 Å². The standard InChI is InChI=1S/C13H13N3O/c14-12(17)13-15-7-11(16-13)10-5-4-8-2-1-3-9(8)6-10/h4-7H,1-3H2,(H2,14,17)(H,15,16).